The number of nitrogens with zero attached hydrogens (tertiary/aromatic N) is 2. The van der Waals surface area contributed by atoms with Crippen LogP contribution in [-0.2, 0) is 0 Å². The predicted molar refractivity (Wildman–Crippen MR) is 127 cm³/mol. The summed E-state index contributed by atoms with van der Waals surface area (Å²) >= 11 is 1.08. The van der Waals surface area contributed by atoms with E-state index in [0.29, 0.717) is 21.7 Å². The lowest BCUT2D eigenvalue weighted by Crippen LogP contribution is -2.32. The van der Waals surface area contributed by atoms with Crippen LogP contribution in [0.2, 0.25) is 0 Å². The van der Waals surface area contributed by atoms with Gasteiger partial charge in [-0.1, -0.05) is 24.3 Å². The van der Waals surface area contributed by atoms with Crippen LogP contribution < -0.4 is 19.5 Å². The van der Waals surface area contributed by atoms with E-state index in [9.17, 15) is 14.9 Å². The molecule has 0 aliphatic carbocycles. The van der Waals surface area contributed by atoms with Crippen molar-refractivity contribution in [2.24, 2.45) is 0 Å². The zero-order valence-electron chi connectivity index (χ0n) is 18.3. The lowest BCUT2D eigenvalue weighted by Gasteiger charge is -2.10. The molecule has 0 aliphatic heterocycles. The third-order valence-electron chi connectivity index (χ3n) is 5.36. The van der Waals surface area contributed by atoms with Crippen molar-refractivity contribution in [1.82, 2.24) is 4.57 Å². The molecule has 0 unspecified atom stereocenters. The molecular formula is C26H20N2O4S. The first-order valence-electron chi connectivity index (χ1n) is 10.1. The number of carbonyl (C=O) groups excluding carboxylic acids is 1. The number of benzene rings is 2. The van der Waals surface area contributed by atoms with Gasteiger partial charge in [0.05, 0.1) is 29.2 Å². The van der Waals surface area contributed by atoms with Gasteiger partial charge in [0.2, 0.25) is 5.78 Å². The number of hydrogen-bond donors (Lipinski definition) is 0. The van der Waals surface area contributed by atoms with Gasteiger partial charge in [0, 0.05) is 6.08 Å². The zero-order chi connectivity index (χ0) is 23.5. The van der Waals surface area contributed by atoms with Crippen LogP contribution in [0.5, 0.6) is 5.75 Å². The highest BCUT2D eigenvalue weighted by atomic mass is 32.1. The van der Waals surface area contributed by atoms with Crippen molar-refractivity contribution in [2.75, 3.05) is 7.11 Å². The Bertz CT molecular complexity index is 1570. The number of thiazole rings is 1. The molecule has 0 atom stereocenters. The van der Waals surface area contributed by atoms with Gasteiger partial charge < -0.3 is 9.15 Å². The molecule has 0 fully saturated rings. The molecule has 164 valence electrons. The first-order valence-corrected chi connectivity index (χ1v) is 10.9. The van der Waals surface area contributed by atoms with Crippen molar-refractivity contribution in [2.45, 2.75) is 13.8 Å². The molecule has 0 saturated carbocycles. The molecule has 2 heterocycles. The Kier molecular flexibility index (Phi) is 6.11. The number of aromatic nitrogens is 1. The van der Waals surface area contributed by atoms with Crippen LogP contribution in [0.4, 0.5) is 0 Å². The van der Waals surface area contributed by atoms with Crippen LogP contribution in [0, 0.1) is 25.2 Å². The van der Waals surface area contributed by atoms with E-state index in [2.05, 4.69) is 0 Å². The normalized spacial score (nSPS) is 12.4. The molecule has 2 aromatic heterocycles. The lowest BCUT2D eigenvalue weighted by molar-refractivity contribution is 0.105. The molecule has 0 bridgehead atoms. The lowest BCUT2D eigenvalue weighted by atomic mass is 10.0. The molecule has 4 rings (SSSR count). The Morgan fingerprint density at radius 2 is 1.91 bits per heavy atom. The Hall–Kier alpha value is -4.15. The number of nitriles is 1. The number of hydrogen-bond acceptors (Lipinski definition) is 6. The Balaban J connectivity index is 2.11. The number of aryl methyl sites for hydroxylation is 1. The maximum absolute atomic E-state index is 13.5. The highest BCUT2D eigenvalue weighted by Gasteiger charge is 2.21. The summed E-state index contributed by atoms with van der Waals surface area (Å²) in [6.45, 7) is 3.85. The van der Waals surface area contributed by atoms with E-state index < -0.39 is 5.78 Å². The molecule has 0 N–H and O–H groups in total. The van der Waals surface area contributed by atoms with Gasteiger partial charge in [-0.3, -0.25) is 14.2 Å². The van der Waals surface area contributed by atoms with Crippen molar-refractivity contribution in [3.8, 4) is 17.5 Å². The molecule has 2 aromatic carbocycles. The Labute approximate surface area is 193 Å². The standard InChI is InChI=1S/C26H20N2O4S/c1-16-8-6-11-21(17(16)2)28-25(30)23(14-18-9-7-13-32-18)33-26(28)20(15-27)24(29)19-10-4-5-12-22(19)31-3/h4-14H,1-3H3. The van der Waals surface area contributed by atoms with Crippen LogP contribution in [0.3, 0.4) is 0 Å². The Morgan fingerprint density at radius 1 is 1.12 bits per heavy atom. The van der Waals surface area contributed by atoms with E-state index in [0.717, 1.165) is 22.5 Å². The number of furan rings is 1. The van der Waals surface area contributed by atoms with Gasteiger partial charge in [-0.05, 0) is 55.3 Å². The second kappa shape index (κ2) is 9.15. The van der Waals surface area contributed by atoms with E-state index in [1.54, 1.807) is 48.5 Å². The predicted octanol–water partition coefficient (Wildman–Crippen LogP) is 3.50. The summed E-state index contributed by atoms with van der Waals surface area (Å²) < 4.78 is 12.7. The van der Waals surface area contributed by atoms with Crippen molar-refractivity contribution < 1.29 is 13.9 Å². The summed E-state index contributed by atoms with van der Waals surface area (Å²) in [6, 6.07) is 17.8. The van der Waals surface area contributed by atoms with Gasteiger partial charge in [-0.15, -0.1) is 11.3 Å². The van der Waals surface area contributed by atoms with Gasteiger partial charge >= 0.3 is 0 Å². The van der Waals surface area contributed by atoms with Crippen molar-refractivity contribution in [3.63, 3.8) is 0 Å². The van der Waals surface area contributed by atoms with Crippen LogP contribution in [0.25, 0.3) is 17.3 Å². The number of para-hydroxylation sites is 1. The highest BCUT2D eigenvalue weighted by Crippen LogP contribution is 2.21. The second-order valence-electron chi connectivity index (χ2n) is 7.31. The molecule has 6 nitrogen and oxygen atoms in total. The molecule has 0 spiro atoms. The summed E-state index contributed by atoms with van der Waals surface area (Å²) in [6.07, 6.45) is 3.13. The quantitative estimate of drug-likeness (QED) is 0.429. The largest absolute Gasteiger partial charge is 0.496 e. The number of ketones is 1. The SMILES string of the molecule is COc1ccccc1C(=O)C(C#N)=c1sc(=Cc2ccco2)c(=O)n1-c1cccc(C)c1C. The van der Waals surface area contributed by atoms with Crippen LogP contribution in [-0.4, -0.2) is 17.5 Å². The summed E-state index contributed by atoms with van der Waals surface area (Å²) in [5.74, 6) is 0.345. The topological polar surface area (TPSA) is 85.2 Å². The minimum atomic E-state index is -0.514. The summed E-state index contributed by atoms with van der Waals surface area (Å²) in [7, 11) is 1.46. The molecule has 0 saturated heterocycles. The van der Waals surface area contributed by atoms with E-state index >= 15 is 0 Å². The van der Waals surface area contributed by atoms with E-state index in [1.807, 2.05) is 32.0 Å². The number of methoxy groups -OCH3 is 1. The third kappa shape index (κ3) is 4.04. The van der Waals surface area contributed by atoms with Gasteiger partial charge in [-0.2, -0.15) is 5.26 Å². The molecular weight excluding hydrogens is 436 g/mol. The molecule has 0 radical (unpaired) electrons. The van der Waals surface area contributed by atoms with Gasteiger partial charge in [0.15, 0.2) is 0 Å². The van der Waals surface area contributed by atoms with E-state index in [4.69, 9.17) is 9.15 Å². The summed E-state index contributed by atoms with van der Waals surface area (Å²) in [5, 5.41) is 10.0. The fourth-order valence-electron chi connectivity index (χ4n) is 3.51. The zero-order valence-corrected chi connectivity index (χ0v) is 19.1. The molecule has 7 heteroatoms. The smallest absolute Gasteiger partial charge is 0.273 e. The van der Waals surface area contributed by atoms with Gasteiger partial charge in [0.25, 0.3) is 5.56 Å². The molecule has 0 aliphatic rings. The monoisotopic (exact) mass is 456 g/mol. The van der Waals surface area contributed by atoms with Gasteiger partial charge in [0.1, 0.15) is 27.8 Å². The molecule has 4 aromatic rings. The Morgan fingerprint density at radius 3 is 2.61 bits per heavy atom. The number of rotatable bonds is 5. The number of ether oxygens (including phenoxy) is 1. The van der Waals surface area contributed by atoms with E-state index in [1.165, 1.54) is 17.9 Å². The van der Waals surface area contributed by atoms with Crippen LogP contribution in [0.1, 0.15) is 27.2 Å². The maximum atomic E-state index is 13.5. The first kappa shape index (κ1) is 22.1. The van der Waals surface area contributed by atoms with Crippen molar-refractivity contribution in [1.29, 1.82) is 5.26 Å². The highest BCUT2D eigenvalue weighted by molar-refractivity contribution is 7.07. The first-order chi connectivity index (χ1) is 16.0. The van der Waals surface area contributed by atoms with Crippen molar-refractivity contribution in [3.05, 3.63) is 103 Å². The average molecular weight is 457 g/mol. The average Bonchev–Trinajstić information content (AvgIpc) is 3.45. The van der Waals surface area contributed by atoms with Crippen LogP contribution in [0.15, 0.2) is 70.1 Å². The minimum Gasteiger partial charge on any atom is -0.496 e. The fraction of sp³-hybridized carbons (Fsp3) is 0.115. The number of carbonyl (C=O) groups is 1. The third-order valence-corrected chi connectivity index (χ3v) is 6.45. The second-order valence-corrected chi connectivity index (χ2v) is 8.34. The summed E-state index contributed by atoms with van der Waals surface area (Å²) in [4.78, 5) is 27.0. The minimum absolute atomic E-state index is 0.137. The molecule has 0 amide bonds. The summed E-state index contributed by atoms with van der Waals surface area (Å²) in [5.41, 5.74) is 2.27. The molecule has 33 heavy (non-hydrogen) atoms. The van der Waals surface area contributed by atoms with Crippen molar-refractivity contribution >= 4 is 28.8 Å². The maximum Gasteiger partial charge on any atom is 0.273 e. The fourth-order valence-corrected chi connectivity index (χ4v) is 4.59. The van der Waals surface area contributed by atoms with Crippen LogP contribution >= 0.6 is 11.3 Å². The van der Waals surface area contributed by atoms with E-state index in [-0.39, 0.29) is 21.4 Å². The van der Waals surface area contributed by atoms with Gasteiger partial charge in [-0.25, -0.2) is 0 Å². The number of Topliss-reactive ketones (excluding diaryl/α,β-unsaturated/α-hetero) is 1.